The minimum Gasteiger partial charge on any atom is -0.310 e. The van der Waals surface area contributed by atoms with Crippen LogP contribution in [0.25, 0.3) is 0 Å². The van der Waals surface area contributed by atoms with Gasteiger partial charge in [0, 0.05) is 24.8 Å². The molecule has 0 fully saturated rings. The zero-order valence-corrected chi connectivity index (χ0v) is 12.3. The predicted molar refractivity (Wildman–Crippen MR) is 76.6 cm³/mol. The van der Waals surface area contributed by atoms with Crippen LogP contribution in [0, 0.1) is 6.92 Å². The first kappa shape index (κ1) is 14.6. The molecule has 0 radical (unpaired) electrons. The molecule has 0 aliphatic heterocycles. The first-order valence-electron chi connectivity index (χ1n) is 6.37. The van der Waals surface area contributed by atoms with Gasteiger partial charge in [0.1, 0.15) is 0 Å². The molecule has 4 heteroatoms. The fourth-order valence-electron chi connectivity index (χ4n) is 2.02. The summed E-state index contributed by atoms with van der Waals surface area (Å²) in [6.07, 6.45) is 8.21. The maximum absolute atomic E-state index is 4.37. The molecule has 1 unspecified atom stereocenters. The van der Waals surface area contributed by atoms with Crippen LogP contribution in [0.2, 0.25) is 0 Å². The van der Waals surface area contributed by atoms with E-state index in [0.29, 0.717) is 6.04 Å². The Kier molecular flexibility index (Phi) is 6.66. The molecule has 1 N–H and O–H groups in total. The molecule has 0 aliphatic carbocycles. The third-order valence-corrected chi connectivity index (χ3v) is 3.69. The maximum Gasteiger partial charge on any atom is 0.0641 e. The highest BCUT2D eigenvalue weighted by atomic mass is 32.2. The smallest absolute Gasteiger partial charge is 0.0641 e. The second kappa shape index (κ2) is 7.77. The van der Waals surface area contributed by atoms with Crippen molar-refractivity contribution in [3.63, 3.8) is 0 Å². The largest absolute Gasteiger partial charge is 0.310 e. The average molecular weight is 255 g/mol. The highest BCUT2D eigenvalue weighted by Crippen LogP contribution is 2.15. The second-order valence-electron chi connectivity index (χ2n) is 4.57. The van der Waals surface area contributed by atoms with Gasteiger partial charge in [0.2, 0.25) is 0 Å². The van der Waals surface area contributed by atoms with Crippen molar-refractivity contribution in [2.75, 3.05) is 18.6 Å². The van der Waals surface area contributed by atoms with E-state index >= 15 is 0 Å². The first-order chi connectivity index (χ1) is 8.15. The summed E-state index contributed by atoms with van der Waals surface area (Å²) in [4.78, 5) is 0. The van der Waals surface area contributed by atoms with Crippen LogP contribution < -0.4 is 5.32 Å². The highest BCUT2D eigenvalue weighted by molar-refractivity contribution is 7.98. The minimum atomic E-state index is 0.407. The number of hydrogen-bond acceptors (Lipinski definition) is 3. The molecular formula is C13H25N3S. The van der Waals surface area contributed by atoms with Crippen LogP contribution in [0.4, 0.5) is 0 Å². The Bertz CT molecular complexity index is 322. The first-order valence-corrected chi connectivity index (χ1v) is 7.77. The number of thioether (sulfide) groups is 1. The van der Waals surface area contributed by atoms with E-state index in [1.54, 1.807) is 0 Å². The number of aromatic nitrogens is 2. The van der Waals surface area contributed by atoms with Gasteiger partial charge in [-0.2, -0.15) is 16.9 Å². The third kappa shape index (κ3) is 5.13. The Morgan fingerprint density at radius 2 is 2.18 bits per heavy atom. The standard InChI is InChI=1S/C13H25N3S/c1-11(13-10-16(3)15-12(13)2)14-8-6-5-7-9-17-4/h10-11,14H,5-9H2,1-4H3. The van der Waals surface area contributed by atoms with E-state index in [2.05, 4.69) is 36.7 Å². The summed E-state index contributed by atoms with van der Waals surface area (Å²) in [5.41, 5.74) is 2.45. The molecule has 1 rings (SSSR count). The van der Waals surface area contributed by atoms with Crippen molar-refractivity contribution in [2.45, 2.75) is 39.2 Å². The number of nitrogens with zero attached hydrogens (tertiary/aromatic N) is 2. The quantitative estimate of drug-likeness (QED) is 0.724. The van der Waals surface area contributed by atoms with Crippen LogP contribution in [0.5, 0.6) is 0 Å². The number of unbranched alkanes of at least 4 members (excludes halogenated alkanes) is 2. The Labute approximate surface area is 109 Å². The molecule has 0 saturated heterocycles. The summed E-state index contributed by atoms with van der Waals surface area (Å²) >= 11 is 1.94. The minimum absolute atomic E-state index is 0.407. The van der Waals surface area contributed by atoms with Gasteiger partial charge in [-0.3, -0.25) is 4.68 Å². The lowest BCUT2D eigenvalue weighted by molar-refractivity contribution is 0.543. The van der Waals surface area contributed by atoms with E-state index in [1.165, 1.54) is 30.6 Å². The van der Waals surface area contributed by atoms with Gasteiger partial charge in [-0.1, -0.05) is 6.42 Å². The van der Waals surface area contributed by atoms with Gasteiger partial charge < -0.3 is 5.32 Å². The third-order valence-electron chi connectivity index (χ3n) is 2.99. The molecule has 1 atom stereocenters. The molecule has 98 valence electrons. The van der Waals surface area contributed by atoms with Crippen LogP contribution >= 0.6 is 11.8 Å². The van der Waals surface area contributed by atoms with Gasteiger partial charge in [-0.25, -0.2) is 0 Å². The zero-order valence-electron chi connectivity index (χ0n) is 11.5. The number of aryl methyl sites for hydroxylation is 2. The molecule has 3 nitrogen and oxygen atoms in total. The molecule has 0 aliphatic rings. The van der Waals surface area contributed by atoms with E-state index < -0.39 is 0 Å². The van der Waals surface area contributed by atoms with Crippen molar-refractivity contribution in [1.82, 2.24) is 15.1 Å². The molecular weight excluding hydrogens is 230 g/mol. The van der Waals surface area contributed by atoms with E-state index in [9.17, 15) is 0 Å². The fourth-order valence-corrected chi connectivity index (χ4v) is 2.51. The summed E-state index contributed by atoms with van der Waals surface area (Å²) < 4.78 is 1.89. The number of nitrogens with one attached hydrogen (secondary N) is 1. The van der Waals surface area contributed by atoms with Crippen molar-refractivity contribution in [3.05, 3.63) is 17.5 Å². The van der Waals surface area contributed by atoms with Crippen molar-refractivity contribution in [3.8, 4) is 0 Å². The lowest BCUT2D eigenvalue weighted by atomic mass is 10.1. The monoisotopic (exact) mass is 255 g/mol. The van der Waals surface area contributed by atoms with E-state index in [-0.39, 0.29) is 0 Å². The topological polar surface area (TPSA) is 29.9 Å². The van der Waals surface area contributed by atoms with Crippen molar-refractivity contribution >= 4 is 11.8 Å². The van der Waals surface area contributed by atoms with Gasteiger partial charge in [0.15, 0.2) is 0 Å². The molecule has 0 amide bonds. The molecule has 0 aromatic carbocycles. The molecule has 0 spiro atoms. The van der Waals surface area contributed by atoms with E-state index in [4.69, 9.17) is 0 Å². The molecule has 1 aromatic rings. The van der Waals surface area contributed by atoms with Crippen molar-refractivity contribution in [1.29, 1.82) is 0 Å². The van der Waals surface area contributed by atoms with Gasteiger partial charge in [-0.15, -0.1) is 0 Å². The van der Waals surface area contributed by atoms with Crippen molar-refractivity contribution in [2.24, 2.45) is 7.05 Å². The normalized spacial score (nSPS) is 12.9. The number of rotatable bonds is 8. The van der Waals surface area contributed by atoms with Crippen LogP contribution in [0.15, 0.2) is 6.20 Å². The second-order valence-corrected chi connectivity index (χ2v) is 5.56. The number of hydrogen-bond donors (Lipinski definition) is 1. The SMILES string of the molecule is CSCCCCCNC(C)c1cn(C)nc1C. The summed E-state index contributed by atoms with van der Waals surface area (Å²) in [5, 5.41) is 7.94. The fraction of sp³-hybridized carbons (Fsp3) is 0.769. The maximum atomic E-state index is 4.37. The highest BCUT2D eigenvalue weighted by Gasteiger charge is 2.10. The summed E-state index contributed by atoms with van der Waals surface area (Å²) in [6, 6.07) is 0.407. The van der Waals surface area contributed by atoms with Crippen LogP contribution in [0.1, 0.15) is 43.5 Å². The summed E-state index contributed by atoms with van der Waals surface area (Å²) in [7, 11) is 1.98. The zero-order chi connectivity index (χ0) is 12.7. The Balaban J connectivity index is 2.21. The summed E-state index contributed by atoms with van der Waals surface area (Å²) in [5.74, 6) is 1.29. The molecule has 17 heavy (non-hydrogen) atoms. The molecule has 1 heterocycles. The van der Waals surface area contributed by atoms with Gasteiger partial charge in [0.25, 0.3) is 0 Å². The molecule has 0 bridgehead atoms. The van der Waals surface area contributed by atoms with Crippen LogP contribution in [0.3, 0.4) is 0 Å². The van der Waals surface area contributed by atoms with Gasteiger partial charge in [-0.05, 0) is 45.2 Å². The lowest BCUT2D eigenvalue weighted by Crippen LogP contribution is -2.20. The Morgan fingerprint density at radius 1 is 1.41 bits per heavy atom. The van der Waals surface area contributed by atoms with E-state index in [0.717, 1.165) is 12.2 Å². The van der Waals surface area contributed by atoms with Crippen molar-refractivity contribution < 1.29 is 0 Å². The molecule has 0 saturated carbocycles. The Morgan fingerprint density at radius 3 is 2.76 bits per heavy atom. The van der Waals surface area contributed by atoms with E-state index in [1.807, 2.05) is 23.5 Å². The summed E-state index contributed by atoms with van der Waals surface area (Å²) in [6.45, 7) is 5.39. The van der Waals surface area contributed by atoms with Crippen LogP contribution in [-0.4, -0.2) is 28.3 Å². The average Bonchev–Trinajstić information content (AvgIpc) is 2.62. The van der Waals surface area contributed by atoms with Gasteiger partial charge >= 0.3 is 0 Å². The lowest BCUT2D eigenvalue weighted by Gasteiger charge is -2.12. The molecule has 1 aromatic heterocycles. The van der Waals surface area contributed by atoms with Gasteiger partial charge in [0.05, 0.1) is 5.69 Å². The van der Waals surface area contributed by atoms with Crippen LogP contribution in [-0.2, 0) is 7.05 Å². The predicted octanol–water partition coefficient (Wildman–Crippen LogP) is 2.91. The Hall–Kier alpha value is -0.480.